The van der Waals surface area contributed by atoms with Gasteiger partial charge in [0.25, 0.3) is 0 Å². The highest BCUT2D eigenvalue weighted by molar-refractivity contribution is 6.31. The molecule has 0 bridgehead atoms. The molecule has 1 unspecified atom stereocenters. The molecule has 0 aliphatic heterocycles. The van der Waals surface area contributed by atoms with Crippen molar-refractivity contribution in [1.82, 2.24) is 0 Å². The predicted molar refractivity (Wildman–Crippen MR) is 77.6 cm³/mol. The molecule has 3 heteroatoms. The Bertz CT molecular complexity index is 375. The SMILES string of the molecule is CCOC1CC(CC(Cl)Cc2ccccc2Cl)C1. The van der Waals surface area contributed by atoms with E-state index in [0.29, 0.717) is 6.10 Å². The van der Waals surface area contributed by atoms with Gasteiger partial charge >= 0.3 is 0 Å². The lowest BCUT2D eigenvalue weighted by atomic mass is 9.78. The first-order valence-corrected chi connectivity index (χ1v) is 7.49. The highest BCUT2D eigenvalue weighted by Gasteiger charge is 2.30. The van der Waals surface area contributed by atoms with E-state index < -0.39 is 0 Å². The van der Waals surface area contributed by atoms with Crippen molar-refractivity contribution in [3.63, 3.8) is 0 Å². The number of hydrogen-bond donors (Lipinski definition) is 0. The molecule has 1 aromatic carbocycles. The maximum Gasteiger partial charge on any atom is 0.0580 e. The molecule has 1 aromatic rings. The average molecular weight is 287 g/mol. The van der Waals surface area contributed by atoms with Crippen LogP contribution >= 0.6 is 23.2 Å². The molecule has 100 valence electrons. The number of benzene rings is 1. The van der Waals surface area contributed by atoms with Gasteiger partial charge in [0.1, 0.15) is 0 Å². The number of alkyl halides is 1. The summed E-state index contributed by atoms with van der Waals surface area (Å²) < 4.78 is 5.56. The fraction of sp³-hybridized carbons (Fsp3) is 0.600. The van der Waals surface area contributed by atoms with Crippen LogP contribution in [-0.4, -0.2) is 18.1 Å². The smallest absolute Gasteiger partial charge is 0.0580 e. The van der Waals surface area contributed by atoms with E-state index in [4.69, 9.17) is 27.9 Å². The Balaban J connectivity index is 1.73. The van der Waals surface area contributed by atoms with Gasteiger partial charge in [-0.3, -0.25) is 0 Å². The minimum absolute atomic E-state index is 0.178. The molecule has 0 N–H and O–H groups in total. The largest absolute Gasteiger partial charge is 0.378 e. The van der Waals surface area contributed by atoms with Crippen LogP contribution in [0.1, 0.15) is 31.7 Å². The van der Waals surface area contributed by atoms with Gasteiger partial charge in [0.2, 0.25) is 0 Å². The first-order chi connectivity index (χ1) is 8.69. The summed E-state index contributed by atoms with van der Waals surface area (Å²) in [5, 5.41) is 1.00. The summed E-state index contributed by atoms with van der Waals surface area (Å²) in [4.78, 5) is 0. The molecule has 1 nitrogen and oxygen atoms in total. The van der Waals surface area contributed by atoms with Gasteiger partial charge in [0, 0.05) is 17.0 Å². The highest BCUT2D eigenvalue weighted by Crippen LogP contribution is 2.35. The summed E-state index contributed by atoms with van der Waals surface area (Å²) in [7, 11) is 0. The third-order valence-corrected chi connectivity index (χ3v) is 4.28. The summed E-state index contributed by atoms with van der Waals surface area (Å²) in [6, 6.07) is 7.95. The first-order valence-electron chi connectivity index (χ1n) is 6.68. The molecule has 1 aliphatic rings. The third kappa shape index (κ3) is 3.88. The van der Waals surface area contributed by atoms with Crippen LogP contribution < -0.4 is 0 Å². The van der Waals surface area contributed by atoms with E-state index in [1.165, 1.54) is 12.8 Å². The van der Waals surface area contributed by atoms with Crippen molar-refractivity contribution in [2.45, 2.75) is 44.1 Å². The topological polar surface area (TPSA) is 9.23 Å². The van der Waals surface area contributed by atoms with E-state index in [2.05, 4.69) is 13.0 Å². The molecule has 0 saturated heterocycles. The van der Waals surface area contributed by atoms with Crippen LogP contribution in [0.15, 0.2) is 24.3 Å². The highest BCUT2D eigenvalue weighted by atomic mass is 35.5. The second-order valence-corrected chi connectivity index (χ2v) is 6.07. The van der Waals surface area contributed by atoms with Crippen LogP contribution in [0.5, 0.6) is 0 Å². The van der Waals surface area contributed by atoms with Crippen molar-refractivity contribution in [3.05, 3.63) is 34.9 Å². The van der Waals surface area contributed by atoms with Gasteiger partial charge in [-0.15, -0.1) is 11.6 Å². The third-order valence-electron chi connectivity index (χ3n) is 3.58. The summed E-state index contributed by atoms with van der Waals surface area (Å²) in [5.74, 6) is 0.728. The van der Waals surface area contributed by atoms with Crippen molar-refractivity contribution < 1.29 is 4.74 Å². The van der Waals surface area contributed by atoms with Crippen LogP contribution in [0, 0.1) is 5.92 Å². The molecule has 0 spiro atoms. The summed E-state index contributed by atoms with van der Waals surface area (Å²) in [6.45, 7) is 2.87. The summed E-state index contributed by atoms with van der Waals surface area (Å²) in [5.41, 5.74) is 1.15. The van der Waals surface area contributed by atoms with Crippen molar-refractivity contribution in [2.24, 2.45) is 5.92 Å². The molecular weight excluding hydrogens is 267 g/mol. The predicted octanol–water partition coefficient (Wildman–Crippen LogP) is 4.70. The van der Waals surface area contributed by atoms with Crippen LogP contribution in [-0.2, 0) is 11.2 Å². The van der Waals surface area contributed by atoms with Gasteiger partial charge in [0.05, 0.1) is 6.10 Å². The standard InChI is InChI=1S/C15H20Cl2O/c1-2-18-14-8-11(9-14)7-13(16)10-12-5-3-4-6-15(12)17/h3-6,11,13-14H,2,7-10H2,1H3. The fourth-order valence-electron chi connectivity index (χ4n) is 2.59. The Labute approximate surface area is 119 Å². The van der Waals surface area contributed by atoms with E-state index in [1.807, 2.05) is 18.2 Å². The molecule has 0 aromatic heterocycles. The number of rotatable bonds is 6. The summed E-state index contributed by atoms with van der Waals surface area (Å²) in [6.07, 6.45) is 4.73. The first kappa shape index (κ1) is 14.2. The van der Waals surface area contributed by atoms with Gasteiger partial charge in [-0.1, -0.05) is 29.8 Å². The Hall–Kier alpha value is -0.240. The van der Waals surface area contributed by atoms with Gasteiger partial charge in [-0.2, -0.15) is 0 Å². The molecule has 1 saturated carbocycles. The van der Waals surface area contributed by atoms with Gasteiger partial charge in [-0.25, -0.2) is 0 Å². The maximum atomic E-state index is 6.42. The zero-order chi connectivity index (χ0) is 13.0. The number of halogens is 2. The Kier molecular flexibility index (Phi) is 5.35. The molecular formula is C15H20Cl2O. The van der Waals surface area contributed by atoms with Crippen molar-refractivity contribution in [1.29, 1.82) is 0 Å². The molecule has 1 fully saturated rings. The van der Waals surface area contributed by atoms with E-state index >= 15 is 0 Å². The lowest BCUT2D eigenvalue weighted by Gasteiger charge is -2.36. The maximum absolute atomic E-state index is 6.42. The lowest BCUT2D eigenvalue weighted by Crippen LogP contribution is -2.33. The second kappa shape index (κ2) is 6.79. The van der Waals surface area contributed by atoms with Crippen LogP contribution in [0.2, 0.25) is 5.02 Å². The molecule has 18 heavy (non-hydrogen) atoms. The number of hydrogen-bond acceptors (Lipinski definition) is 1. The van der Waals surface area contributed by atoms with E-state index in [9.17, 15) is 0 Å². The van der Waals surface area contributed by atoms with Gasteiger partial charge in [-0.05, 0) is 50.2 Å². The van der Waals surface area contributed by atoms with Gasteiger partial charge in [0.15, 0.2) is 0 Å². The van der Waals surface area contributed by atoms with Crippen LogP contribution in [0.4, 0.5) is 0 Å². The summed E-state index contributed by atoms with van der Waals surface area (Å²) >= 11 is 12.6. The minimum Gasteiger partial charge on any atom is -0.378 e. The lowest BCUT2D eigenvalue weighted by molar-refractivity contribution is -0.0266. The monoisotopic (exact) mass is 286 g/mol. The quantitative estimate of drug-likeness (QED) is 0.689. The van der Waals surface area contributed by atoms with Crippen LogP contribution in [0.25, 0.3) is 0 Å². The molecule has 0 radical (unpaired) electrons. The zero-order valence-electron chi connectivity index (χ0n) is 10.7. The average Bonchev–Trinajstić information content (AvgIpc) is 2.29. The van der Waals surface area contributed by atoms with E-state index in [1.54, 1.807) is 0 Å². The fourth-order valence-corrected chi connectivity index (χ4v) is 3.22. The molecule has 0 heterocycles. The molecule has 0 amide bonds. The number of ether oxygens (including phenoxy) is 1. The van der Waals surface area contributed by atoms with Crippen molar-refractivity contribution in [2.75, 3.05) is 6.61 Å². The Morgan fingerprint density at radius 3 is 2.72 bits per heavy atom. The molecule has 1 atom stereocenters. The van der Waals surface area contributed by atoms with Crippen LogP contribution in [0.3, 0.4) is 0 Å². The Morgan fingerprint density at radius 2 is 2.06 bits per heavy atom. The zero-order valence-corrected chi connectivity index (χ0v) is 12.3. The second-order valence-electron chi connectivity index (χ2n) is 5.04. The minimum atomic E-state index is 0.178. The van der Waals surface area contributed by atoms with Crippen molar-refractivity contribution in [3.8, 4) is 0 Å². The Morgan fingerprint density at radius 1 is 1.33 bits per heavy atom. The van der Waals surface area contributed by atoms with E-state index in [-0.39, 0.29) is 5.38 Å². The normalized spacial score (nSPS) is 24.6. The van der Waals surface area contributed by atoms with E-state index in [0.717, 1.165) is 36.0 Å². The van der Waals surface area contributed by atoms with Crippen molar-refractivity contribution >= 4 is 23.2 Å². The molecule has 1 aliphatic carbocycles. The molecule has 2 rings (SSSR count). The van der Waals surface area contributed by atoms with Gasteiger partial charge < -0.3 is 4.74 Å².